The fourth-order valence-electron chi connectivity index (χ4n) is 10.2. The monoisotopic (exact) mass is 1230 g/mol. The summed E-state index contributed by atoms with van der Waals surface area (Å²) in [6, 6.07) is 36.1. The van der Waals surface area contributed by atoms with E-state index in [2.05, 4.69) is 25.6 Å². The van der Waals surface area contributed by atoms with Crippen LogP contribution in [0.2, 0.25) is 0 Å². The van der Waals surface area contributed by atoms with E-state index in [1.165, 1.54) is 55.6 Å². The predicted molar refractivity (Wildman–Crippen MR) is 339 cm³/mol. The zero-order chi connectivity index (χ0) is 60.5. The maximum absolute atomic E-state index is 17.2. The predicted octanol–water partition coefficient (Wildman–Crippen LogP) is 8.75. The van der Waals surface area contributed by atoms with Gasteiger partial charge in [-0.05, 0) is 118 Å². The van der Waals surface area contributed by atoms with Crippen LogP contribution in [0.25, 0.3) is 48.7 Å². The fourth-order valence-corrected chi connectivity index (χ4v) is 16.8. The molecule has 440 valence electrons. The molecule has 1 aliphatic carbocycles. The number of nitrogens with zero attached hydrogens (tertiary/aromatic N) is 3. The van der Waals surface area contributed by atoms with Crippen molar-refractivity contribution in [2.45, 2.75) is 85.4 Å². The van der Waals surface area contributed by atoms with Crippen molar-refractivity contribution in [3.63, 3.8) is 0 Å². The number of nitrogens with one attached hydrogen (secondary N) is 6. The molecule has 0 spiro atoms. The summed E-state index contributed by atoms with van der Waals surface area (Å²) in [5, 5.41) is 13.2. The Hall–Kier alpha value is -7.36. The van der Waals surface area contributed by atoms with E-state index >= 15 is 33.7 Å². The van der Waals surface area contributed by atoms with Crippen LogP contribution in [0.5, 0.6) is 0 Å². The summed E-state index contributed by atoms with van der Waals surface area (Å²) < 4.78 is 128. The first-order valence-corrected chi connectivity index (χ1v) is 33.5. The van der Waals surface area contributed by atoms with E-state index in [9.17, 15) is 4.79 Å². The van der Waals surface area contributed by atoms with Gasteiger partial charge in [-0.3, -0.25) is 4.79 Å². The molecule has 0 saturated heterocycles. The molecule has 0 bridgehead atoms. The molecule has 0 fully saturated rings. The van der Waals surface area contributed by atoms with Gasteiger partial charge in [-0.1, -0.05) is 139 Å². The van der Waals surface area contributed by atoms with Gasteiger partial charge < -0.3 is 26.6 Å². The lowest BCUT2D eigenvalue weighted by Gasteiger charge is -2.35. The van der Waals surface area contributed by atoms with Crippen LogP contribution in [0, 0.1) is 0 Å². The van der Waals surface area contributed by atoms with Gasteiger partial charge >= 0.3 is 20.0 Å². The number of hydrogen-bond acceptors (Lipinski definition) is 15. The average Bonchev–Trinajstić information content (AvgIpc) is 0.800. The molecule has 1 aliphatic rings. The number of amides is 1. The molecule has 0 aliphatic heterocycles. The van der Waals surface area contributed by atoms with Crippen LogP contribution in [0.4, 0.5) is 22.7 Å². The number of allylic oxidation sites excluding steroid dienone is 4. The third kappa shape index (κ3) is 12.3. The highest BCUT2D eigenvalue weighted by Gasteiger charge is 2.52. The highest BCUT2D eigenvalue weighted by Crippen LogP contribution is 2.39. The number of benzene rings is 8. The Balaban J connectivity index is 1.40. The normalized spacial score (nSPS) is 13.9. The summed E-state index contributed by atoms with van der Waals surface area (Å²) in [5.74, 6) is -0.336. The fraction of sp³-hybridized carbons (Fsp3) is 0.233. The number of sulfonamides is 4. The van der Waals surface area contributed by atoms with Crippen LogP contribution in [-0.2, 0) is 44.9 Å². The van der Waals surface area contributed by atoms with E-state index in [0.717, 1.165) is 0 Å². The largest absolute Gasteiger partial charge is 0.398 e. The first-order chi connectivity index (χ1) is 39.9. The van der Waals surface area contributed by atoms with Crippen molar-refractivity contribution in [3.05, 3.63) is 163 Å². The van der Waals surface area contributed by atoms with Crippen molar-refractivity contribution in [2.75, 3.05) is 49.0 Å². The number of hydrogen-bond donors (Lipinski definition) is 7. The van der Waals surface area contributed by atoms with E-state index in [1.54, 1.807) is 117 Å². The number of anilines is 4. The van der Waals surface area contributed by atoms with E-state index < -0.39 is 65.8 Å². The number of quaternary nitrogens is 1. The maximum Gasteiger partial charge on any atom is 0.365 e. The molecule has 8 aromatic carbocycles. The highest BCUT2D eigenvalue weighted by atomic mass is 32.2. The van der Waals surface area contributed by atoms with Crippen LogP contribution >= 0.6 is 12.2 Å². The van der Waals surface area contributed by atoms with Crippen LogP contribution in [0.3, 0.4) is 0 Å². The zero-order valence-corrected chi connectivity index (χ0v) is 51.5. The number of thiocarbonyl (C=S) groups is 1. The number of unbranched alkanes of at least 4 members (excludes halogenated alkanes) is 1. The lowest BCUT2D eigenvalue weighted by atomic mass is 9.92. The van der Waals surface area contributed by atoms with Gasteiger partial charge in [-0.2, -0.15) is 8.42 Å². The minimum absolute atomic E-state index is 0.00289. The molecule has 9 rings (SSSR count). The number of rotatable bonds is 23. The van der Waals surface area contributed by atoms with Gasteiger partial charge in [0, 0.05) is 89.1 Å². The second kappa shape index (κ2) is 24.7. The summed E-state index contributed by atoms with van der Waals surface area (Å²) in [5.41, 5.74) is 8.09. The number of nitrogen functional groups attached to an aromatic ring is 1. The first-order valence-electron chi connectivity index (χ1n) is 27.2. The SMILES string of the molecule is CCCCN(NS(=O)(=O)c1cc(N(C)C)c2ccccc2c1)[NH+](N(NS(=O)(=O)c1ccc2cccc(N)c2c1)S(=O)(=O)c1c(NC)ccc2ccccc12)S(=O)(=O)c1ccc2c(NC(C)C)cccc2c1C1=CCC(=S)C(NC(=O)CCC)=C1. The summed E-state index contributed by atoms with van der Waals surface area (Å²) in [4.78, 5) is 18.0. The molecule has 84 heavy (non-hydrogen) atoms. The Kier molecular flexibility index (Phi) is 18.0. The summed E-state index contributed by atoms with van der Waals surface area (Å²) in [6.45, 7) is 6.92. The molecule has 1 atom stereocenters. The summed E-state index contributed by atoms with van der Waals surface area (Å²) >= 11 is 5.77. The van der Waals surface area contributed by atoms with Crippen LogP contribution in [0.15, 0.2) is 177 Å². The Labute approximate surface area is 496 Å². The number of fused-ring (bicyclic) bond motifs is 4. The van der Waals surface area contributed by atoms with Crippen molar-refractivity contribution in [1.82, 2.24) is 24.6 Å². The van der Waals surface area contributed by atoms with Crippen LogP contribution in [0.1, 0.15) is 65.4 Å². The van der Waals surface area contributed by atoms with Crippen LogP contribution in [-0.4, -0.2) is 87.8 Å². The number of carbonyl (C=O) groups is 1. The van der Waals surface area contributed by atoms with Crippen molar-refractivity contribution in [3.8, 4) is 0 Å². The standard InChI is InChI=1S/C60H66N10O9S5/c1-8-10-34-68(65-82(74,75)45-35-42-19-12-13-21-46(42)55(38-45)67(6)7)70(83(76,77)57-33-30-48-49(23-16-25-52(48)63-39(3)4)59(57)43-28-32-56(80)54(36-43)64-58(71)17-9-2)69(66-81(72,73)44-29-26-41-20-15-24-51(61)50(41)37-44)84(78,79)60-47-22-14-11-18-40(47)27-31-53(60)62-5/h11-16,18-31,33,35-39,62-63,65-66H,8-10,17,32,34,61H2,1-7H3,(H,64,71)/p+1. The summed E-state index contributed by atoms with van der Waals surface area (Å²) in [6.07, 6.45) is 4.29. The highest BCUT2D eigenvalue weighted by molar-refractivity contribution is 7.93. The molecule has 1 amide bonds. The molecule has 8 N–H and O–H groups in total. The van der Waals surface area contributed by atoms with Crippen molar-refractivity contribution >= 4 is 134 Å². The van der Waals surface area contributed by atoms with Gasteiger partial charge in [0.2, 0.25) is 5.91 Å². The minimum Gasteiger partial charge on any atom is -0.398 e. The molecule has 0 saturated carbocycles. The Morgan fingerprint density at radius 3 is 2.04 bits per heavy atom. The smallest absolute Gasteiger partial charge is 0.365 e. The Morgan fingerprint density at radius 2 is 1.33 bits per heavy atom. The Morgan fingerprint density at radius 1 is 0.679 bits per heavy atom. The maximum atomic E-state index is 17.2. The third-order valence-electron chi connectivity index (χ3n) is 14.2. The van der Waals surface area contributed by atoms with Gasteiger partial charge in [0.1, 0.15) is 9.79 Å². The van der Waals surface area contributed by atoms with E-state index in [4.69, 9.17) is 18.0 Å². The molecule has 0 aromatic heterocycles. The molecule has 8 aromatic rings. The van der Waals surface area contributed by atoms with Crippen molar-refractivity contribution < 1.29 is 43.0 Å². The first kappa shape index (κ1) is 61.2. The molecule has 19 nitrogen and oxygen atoms in total. The lowest BCUT2D eigenvalue weighted by Crippen LogP contribution is -3.27. The topological polar surface area (TPSA) is 254 Å². The quantitative estimate of drug-likeness (QED) is 0.0180. The van der Waals surface area contributed by atoms with E-state index in [0.29, 0.717) is 66.5 Å². The Bertz CT molecular complexity index is 4460. The molecule has 24 heteroatoms. The minimum atomic E-state index is -5.69. The van der Waals surface area contributed by atoms with Crippen molar-refractivity contribution in [1.29, 1.82) is 0 Å². The van der Waals surface area contributed by atoms with Gasteiger partial charge in [0.15, 0.2) is 0 Å². The van der Waals surface area contributed by atoms with Crippen molar-refractivity contribution in [2.24, 2.45) is 0 Å². The number of nitrogens with two attached hydrogens (primary N) is 1. The molecule has 0 radical (unpaired) electrons. The molecular weight excluding hydrogens is 1170 g/mol. The van der Waals surface area contributed by atoms with E-state index in [-0.39, 0.29) is 79.6 Å². The summed E-state index contributed by atoms with van der Waals surface area (Å²) in [7, 11) is -16.7. The van der Waals surface area contributed by atoms with Crippen LogP contribution < -0.4 is 40.8 Å². The molecular formula is C60H67N10O9S5+. The second-order valence-electron chi connectivity index (χ2n) is 20.7. The molecule has 0 heterocycles. The molecule has 1 unspecified atom stereocenters. The van der Waals surface area contributed by atoms with Gasteiger partial charge in [-0.15, -0.1) is 0 Å². The van der Waals surface area contributed by atoms with Gasteiger partial charge in [0.25, 0.3) is 20.0 Å². The average molecular weight is 1230 g/mol. The number of carbonyl (C=O) groups excluding carboxylic acids is 1. The third-order valence-corrected chi connectivity index (χ3v) is 20.9. The zero-order valence-electron chi connectivity index (χ0n) is 47.4. The van der Waals surface area contributed by atoms with E-state index in [1.807, 2.05) is 32.9 Å². The lowest BCUT2D eigenvalue weighted by molar-refractivity contribution is -1.00. The second-order valence-corrected chi connectivity index (χ2v) is 28.1. The van der Waals surface area contributed by atoms with Gasteiger partial charge in [0.05, 0.1) is 32.2 Å². The van der Waals surface area contributed by atoms with Gasteiger partial charge in [-0.25, -0.2) is 25.3 Å². The number of hydrazine groups is 2.